The summed E-state index contributed by atoms with van der Waals surface area (Å²) in [6, 6.07) is 9.38. The van der Waals surface area contributed by atoms with Crippen molar-refractivity contribution in [2.45, 2.75) is 19.9 Å². The highest BCUT2D eigenvalue weighted by Gasteiger charge is 2.07. The number of nitrogens with two attached hydrogens (primary N) is 1. The summed E-state index contributed by atoms with van der Waals surface area (Å²) in [5.41, 5.74) is 7.67. The topological polar surface area (TPSA) is 57.4 Å². The van der Waals surface area contributed by atoms with Crippen LogP contribution in [0.4, 0.5) is 0 Å². The Balaban J connectivity index is 2.29. The quantitative estimate of drug-likeness (QED) is 0.904. The Morgan fingerprint density at radius 2 is 2.05 bits per heavy atom. The Morgan fingerprint density at radius 1 is 1.25 bits per heavy atom. The van der Waals surface area contributed by atoms with E-state index in [1.54, 1.807) is 7.11 Å². The van der Waals surface area contributed by atoms with Crippen molar-refractivity contribution in [2.75, 3.05) is 7.11 Å². The molecular formula is C15H17BrN2O2. The lowest BCUT2D eigenvalue weighted by Crippen LogP contribution is -2.01. The molecule has 0 saturated carbocycles. The van der Waals surface area contributed by atoms with Crippen LogP contribution in [-0.2, 0) is 13.0 Å². The molecule has 2 N–H and O–H groups in total. The fourth-order valence-corrected chi connectivity index (χ4v) is 2.21. The Bertz CT molecular complexity index is 580. The molecule has 0 amide bonds. The van der Waals surface area contributed by atoms with Crippen molar-refractivity contribution in [1.29, 1.82) is 0 Å². The van der Waals surface area contributed by atoms with E-state index in [1.165, 1.54) is 0 Å². The number of rotatable bonds is 5. The molecule has 0 saturated heterocycles. The van der Waals surface area contributed by atoms with Gasteiger partial charge in [0.2, 0.25) is 5.88 Å². The van der Waals surface area contributed by atoms with E-state index in [9.17, 15) is 0 Å². The predicted molar refractivity (Wildman–Crippen MR) is 82.3 cm³/mol. The molecule has 0 aliphatic carbocycles. The van der Waals surface area contributed by atoms with Crippen LogP contribution in [0.3, 0.4) is 0 Å². The van der Waals surface area contributed by atoms with Crippen LogP contribution >= 0.6 is 15.9 Å². The molecule has 0 aliphatic rings. The number of benzene rings is 1. The van der Waals surface area contributed by atoms with Crippen LogP contribution in [0.2, 0.25) is 0 Å². The number of pyridine rings is 1. The van der Waals surface area contributed by atoms with E-state index in [0.717, 1.165) is 27.9 Å². The highest BCUT2D eigenvalue weighted by molar-refractivity contribution is 9.10. The molecule has 106 valence electrons. The molecule has 0 bridgehead atoms. The van der Waals surface area contributed by atoms with Crippen LogP contribution in [-0.4, -0.2) is 12.1 Å². The van der Waals surface area contributed by atoms with E-state index in [0.29, 0.717) is 18.2 Å². The number of ether oxygens (including phenoxy) is 2. The molecule has 4 nitrogen and oxygen atoms in total. The maximum absolute atomic E-state index is 5.82. The lowest BCUT2D eigenvalue weighted by Gasteiger charge is -2.10. The average molecular weight is 337 g/mol. The summed E-state index contributed by atoms with van der Waals surface area (Å²) in [5, 5.41) is 0. The second-order valence-corrected chi connectivity index (χ2v) is 5.12. The first-order chi connectivity index (χ1) is 9.66. The number of methoxy groups -OCH3 is 1. The van der Waals surface area contributed by atoms with Crippen LogP contribution in [0.1, 0.15) is 18.2 Å². The normalized spacial score (nSPS) is 10.4. The molecule has 1 aromatic carbocycles. The lowest BCUT2D eigenvalue weighted by molar-refractivity contribution is 0.411. The maximum Gasteiger partial charge on any atom is 0.219 e. The number of aryl methyl sites for hydroxylation is 1. The van der Waals surface area contributed by atoms with E-state index in [4.69, 9.17) is 15.2 Å². The molecule has 0 atom stereocenters. The minimum absolute atomic E-state index is 0.468. The molecule has 0 aliphatic heterocycles. The summed E-state index contributed by atoms with van der Waals surface area (Å²) < 4.78 is 11.8. The molecule has 1 heterocycles. The molecule has 0 spiro atoms. The molecule has 2 aromatic rings. The van der Waals surface area contributed by atoms with Crippen molar-refractivity contribution in [3.63, 3.8) is 0 Å². The third-order valence-electron chi connectivity index (χ3n) is 2.87. The lowest BCUT2D eigenvalue weighted by atomic mass is 10.2. The van der Waals surface area contributed by atoms with Crippen molar-refractivity contribution in [1.82, 2.24) is 4.98 Å². The van der Waals surface area contributed by atoms with E-state index in [-0.39, 0.29) is 0 Å². The van der Waals surface area contributed by atoms with Gasteiger partial charge in [0.1, 0.15) is 11.5 Å². The largest absolute Gasteiger partial charge is 0.497 e. The third kappa shape index (κ3) is 3.49. The molecule has 0 fully saturated rings. The van der Waals surface area contributed by atoms with Gasteiger partial charge in [0.15, 0.2) is 0 Å². The first-order valence-corrected chi connectivity index (χ1v) is 7.17. The second kappa shape index (κ2) is 6.72. The van der Waals surface area contributed by atoms with Crippen molar-refractivity contribution in [3.05, 3.63) is 46.1 Å². The van der Waals surface area contributed by atoms with Gasteiger partial charge in [0.05, 0.1) is 11.6 Å². The zero-order valence-electron chi connectivity index (χ0n) is 11.5. The zero-order chi connectivity index (χ0) is 14.5. The maximum atomic E-state index is 5.82. The van der Waals surface area contributed by atoms with Crippen LogP contribution in [0, 0.1) is 0 Å². The Hall–Kier alpha value is -1.59. The standard InChI is InChI=1S/C15H17BrN2O2/c1-3-11-6-10(9-17)7-15(18-11)20-14-5-4-12(19-2)8-13(14)16/h4-8H,3,9,17H2,1-2H3. The monoisotopic (exact) mass is 336 g/mol. The Kier molecular flexibility index (Phi) is 4.98. The van der Waals surface area contributed by atoms with E-state index >= 15 is 0 Å². The molecule has 1 aromatic heterocycles. The van der Waals surface area contributed by atoms with Gasteiger partial charge in [-0.2, -0.15) is 0 Å². The Morgan fingerprint density at radius 3 is 2.65 bits per heavy atom. The summed E-state index contributed by atoms with van der Waals surface area (Å²) in [6.07, 6.45) is 0.841. The number of aromatic nitrogens is 1. The second-order valence-electron chi connectivity index (χ2n) is 4.26. The number of hydrogen-bond donors (Lipinski definition) is 1. The van der Waals surface area contributed by atoms with Crippen LogP contribution in [0.15, 0.2) is 34.8 Å². The summed E-state index contributed by atoms with van der Waals surface area (Å²) in [4.78, 5) is 4.45. The summed E-state index contributed by atoms with van der Waals surface area (Å²) >= 11 is 3.46. The van der Waals surface area contributed by atoms with E-state index in [2.05, 4.69) is 27.8 Å². The van der Waals surface area contributed by atoms with Gasteiger partial charge >= 0.3 is 0 Å². The molecule has 2 rings (SSSR count). The van der Waals surface area contributed by atoms with E-state index in [1.807, 2.05) is 30.3 Å². The van der Waals surface area contributed by atoms with Crippen LogP contribution in [0.5, 0.6) is 17.4 Å². The van der Waals surface area contributed by atoms with Gasteiger partial charge in [-0.3, -0.25) is 0 Å². The smallest absolute Gasteiger partial charge is 0.219 e. The van der Waals surface area contributed by atoms with Gasteiger partial charge in [0, 0.05) is 18.3 Å². The number of hydrogen-bond acceptors (Lipinski definition) is 4. The molecule has 0 radical (unpaired) electrons. The highest BCUT2D eigenvalue weighted by atomic mass is 79.9. The van der Waals surface area contributed by atoms with Crippen molar-refractivity contribution < 1.29 is 9.47 Å². The van der Waals surface area contributed by atoms with Crippen LogP contribution in [0.25, 0.3) is 0 Å². The third-order valence-corrected chi connectivity index (χ3v) is 3.49. The van der Waals surface area contributed by atoms with Gasteiger partial charge in [0.25, 0.3) is 0 Å². The first-order valence-electron chi connectivity index (χ1n) is 6.37. The predicted octanol–water partition coefficient (Wildman–Crippen LogP) is 3.67. The minimum Gasteiger partial charge on any atom is -0.497 e. The zero-order valence-corrected chi connectivity index (χ0v) is 13.1. The van der Waals surface area contributed by atoms with Crippen molar-refractivity contribution in [2.24, 2.45) is 5.73 Å². The summed E-state index contributed by atoms with van der Waals surface area (Å²) in [7, 11) is 1.63. The van der Waals surface area contributed by atoms with Gasteiger partial charge in [-0.25, -0.2) is 4.98 Å². The van der Waals surface area contributed by atoms with Crippen molar-refractivity contribution in [3.8, 4) is 17.4 Å². The molecular weight excluding hydrogens is 320 g/mol. The first kappa shape index (κ1) is 14.8. The Labute approximate surface area is 127 Å². The fourth-order valence-electron chi connectivity index (χ4n) is 1.78. The fraction of sp³-hybridized carbons (Fsp3) is 0.267. The summed E-state index contributed by atoms with van der Waals surface area (Å²) in [5.74, 6) is 2.01. The SMILES string of the molecule is CCc1cc(CN)cc(Oc2ccc(OC)cc2Br)n1. The minimum atomic E-state index is 0.468. The molecule has 0 unspecified atom stereocenters. The van der Waals surface area contributed by atoms with Gasteiger partial charge in [-0.05, 0) is 52.2 Å². The highest BCUT2D eigenvalue weighted by Crippen LogP contribution is 2.32. The van der Waals surface area contributed by atoms with Gasteiger partial charge in [-0.1, -0.05) is 6.92 Å². The van der Waals surface area contributed by atoms with Crippen LogP contribution < -0.4 is 15.2 Å². The van der Waals surface area contributed by atoms with Gasteiger partial charge in [-0.15, -0.1) is 0 Å². The van der Waals surface area contributed by atoms with Crippen molar-refractivity contribution >= 4 is 15.9 Å². The number of nitrogens with zero attached hydrogens (tertiary/aromatic N) is 1. The summed E-state index contributed by atoms with van der Waals surface area (Å²) in [6.45, 7) is 2.52. The average Bonchev–Trinajstić information content (AvgIpc) is 2.48. The molecule has 20 heavy (non-hydrogen) atoms. The molecule has 5 heteroatoms. The number of halogens is 1. The van der Waals surface area contributed by atoms with E-state index < -0.39 is 0 Å². The van der Waals surface area contributed by atoms with Gasteiger partial charge < -0.3 is 15.2 Å².